The van der Waals surface area contributed by atoms with Gasteiger partial charge in [0.1, 0.15) is 19.3 Å². The molecule has 0 radical (unpaired) electrons. The number of carbonyl (C=O) groups is 4. The Balaban J connectivity index is 5.46. The van der Waals surface area contributed by atoms with E-state index in [9.17, 15) is 43.2 Å². The maximum Gasteiger partial charge on any atom is 0.472 e. The summed E-state index contributed by atoms with van der Waals surface area (Å²) in [6.45, 7) is 4.40. The molecule has 0 aromatic heterocycles. The van der Waals surface area contributed by atoms with Gasteiger partial charge in [0.05, 0.1) is 26.4 Å². The summed E-state index contributed by atoms with van der Waals surface area (Å²) in [5, 5.41) is 10.6. The Hall–Kier alpha value is -5.32. The minimum absolute atomic E-state index is 0.00745. The molecule has 19 heteroatoms. The number of allylic oxidation sites excluding steroid dienone is 26. The van der Waals surface area contributed by atoms with Gasteiger partial charge in [0.15, 0.2) is 12.2 Å². The molecule has 104 heavy (non-hydrogen) atoms. The Morgan fingerprint density at radius 3 is 0.827 bits per heavy atom. The molecule has 0 aliphatic rings. The van der Waals surface area contributed by atoms with Gasteiger partial charge in [0.2, 0.25) is 0 Å². The van der Waals surface area contributed by atoms with E-state index in [2.05, 4.69) is 174 Å². The van der Waals surface area contributed by atoms with Gasteiger partial charge < -0.3 is 33.8 Å². The predicted molar refractivity (Wildman–Crippen MR) is 427 cm³/mol. The third-order valence-corrected chi connectivity index (χ3v) is 17.9. The van der Waals surface area contributed by atoms with Crippen LogP contribution in [-0.2, 0) is 65.4 Å². The number of ether oxygens (including phenoxy) is 4. The van der Waals surface area contributed by atoms with Gasteiger partial charge >= 0.3 is 39.5 Å². The summed E-state index contributed by atoms with van der Waals surface area (Å²) < 4.78 is 68.5. The van der Waals surface area contributed by atoms with Gasteiger partial charge in [-0.2, -0.15) is 0 Å². The van der Waals surface area contributed by atoms with Crippen LogP contribution in [0.3, 0.4) is 0 Å². The highest BCUT2D eigenvalue weighted by atomic mass is 31.2. The summed E-state index contributed by atoms with van der Waals surface area (Å²) in [4.78, 5) is 73.0. The molecule has 0 aromatic carbocycles. The van der Waals surface area contributed by atoms with Crippen LogP contribution < -0.4 is 0 Å². The summed E-state index contributed by atoms with van der Waals surface area (Å²) in [5.41, 5.74) is 0. The molecule has 17 nitrogen and oxygen atoms in total. The molecule has 0 saturated carbocycles. The number of phosphoric ester groups is 2. The number of aliphatic hydroxyl groups excluding tert-OH is 1. The molecule has 0 bridgehead atoms. The van der Waals surface area contributed by atoms with Crippen molar-refractivity contribution >= 4 is 39.5 Å². The number of unbranched alkanes of at least 4 members (excludes halogenated alkanes) is 21. The quantitative estimate of drug-likeness (QED) is 0.0169. The second-order valence-electron chi connectivity index (χ2n) is 25.9. The van der Waals surface area contributed by atoms with Crippen molar-refractivity contribution in [2.24, 2.45) is 0 Å². The molecule has 0 rings (SSSR count). The number of aliphatic hydroxyl groups is 1. The van der Waals surface area contributed by atoms with E-state index in [1.54, 1.807) is 0 Å². The lowest BCUT2D eigenvalue weighted by Gasteiger charge is -2.21. The van der Waals surface area contributed by atoms with Crippen LogP contribution in [0.15, 0.2) is 158 Å². The molecule has 5 unspecified atom stereocenters. The number of rotatable bonds is 73. The normalized spacial score (nSPS) is 14.7. The molecule has 0 fully saturated rings. The molecule has 3 N–H and O–H groups in total. The third-order valence-electron chi connectivity index (χ3n) is 16.0. The van der Waals surface area contributed by atoms with E-state index in [1.807, 2.05) is 12.2 Å². The van der Waals surface area contributed by atoms with Crippen LogP contribution in [0, 0.1) is 0 Å². The Bertz CT molecular complexity index is 2590. The van der Waals surface area contributed by atoms with Gasteiger partial charge in [-0.25, -0.2) is 9.13 Å². The lowest BCUT2D eigenvalue weighted by molar-refractivity contribution is -0.161. The van der Waals surface area contributed by atoms with Gasteiger partial charge in [-0.1, -0.05) is 288 Å². The van der Waals surface area contributed by atoms with Crippen molar-refractivity contribution in [2.45, 2.75) is 316 Å². The number of hydrogen-bond acceptors (Lipinski definition) is 15. The zero-order chi connectivity index (χ0) is 76.0. The molecule has 0 spiro atoms. The highest BCUT2D eigenvalue weighted by Crippen LogP contribution is 2.45. The van der Waals surface area contributed by atoms with Crippen molar-refractivity contribution in [3.05, 3.63) is 158 Å². The first-order chi connectivity index (χ1) is 50.7. The summed E-state index contributed by atoms with van der Waals surface area (Å²) in [5.74, 6) is -2.31. The monoisotopic (exact) mass is 1490 g/mol. The standard InChI is InChI=1S/C85H140O17P2/c1-5-9-13-17-21-25-29-33-36-38-39-41-43-47-50-54-58-62-66-70-83(88)96-76-81(102-85(90)72-68-64-60-56-52-48-44-40-37-34-30-26-22-18-14-10-6-2)78-100-104(93,94)98-74-79(86)73-97-103(91,92)99-77-80(101-84(89)71-67-63-59-55-51-45-32-28-24-20-16-12-8-4)75-95-82(87)69-65-61-57-53-49-46-42-35-31-27-23-19-15-11-7-3/h9-11,13-15,21-23,25-27,33-37,39,41-42,44,48-49,53,56,60,79-81,86H,5-8,12,16-20,24,28-32,38,40,43,45-47,50-52,54-55,57-59,61-78H2,1-4H3,(H,91,92)(H,93,94)/b13-9-,14-10-,15-11-,25-21-,26-22-,27-23-,36-33-,37-34-,41-39-,42-35-,48-44-,53-49-,60-56-. The van der Waals surface area contributed by atoms with E-state index in [-0.39, 0.29) is 25.7 Å². The van der Waals surface area contributed by atoms with Crippen LogP contribution in [-0.4, -0.2) is 96.7 Å². The van der Waals surface area contributed by atoms with E-state index in [4.69, 9.17) is 37.0 Å². The first-order valence-electron chi connectivity index (χ1n) is 39.7. The molecular weight excluding hydrogens is 1350 g/mol. The lowest BCUT2D eigenvalue weighted by Crippen LogP contribution is -2.30. The summed E-state index contributed by atoms with van der Waals surface area (Å²) in [7, 11) is -10.00. The molecule has 0 aliphatic carbocycles. The second kappa shape index (κ2) is 75.9. The smallest absolute Gasteiger partial charge is 0.462 e. The van der Waals surface area contributed by atoms with E-state index < -0.39 is 97.5 Å². The molecule has 0 amide bonds. The van der Waals surface area contributed by atoms with Gasteiger partial charge in [0.25, 0.3) is 0 Å². The Kier molecular flexibility index (Phi) is 72.0. The van der Waals surface area contributed by atoms with Crippen molar-refractivity contribution in [1.29, 1.82) is 0 Å². The lowest BCUT2D eigenvalue weighted by atomic mass is 10.0. The van der Waals surface area contributed by atoms with Crippen molar-refractivity contribution in [3.8, 4) is 0 Å². The summed E-state index contributed by atoms with van der Waals surface area (Å²) in [6, 6.07) is 0. The fourth-order valence-electron chi connectivity index (χ4n) is 10.1. The number of hydrogen-bond donors (Lipinski definition) is 3. The number of esters is 4. The van der Waals surface area contributed by atoms with E-state index >= 15 is 0 Å². The Morgan fingerprint density at radius 1 is 0.279 bits per heavy atom. The molecule has 0 saturated heterocycles. The maximum atomic E-state index is 13.1. The second-order valence-corrected chi connectivity index (χ2v) is 28.8. The third kappa shape index (κ3) is 74.9. The SMILES string of the molecule is CC/C=C\C/C=C\C/C=C\C/C=C\C/C=C\CCCC(=O)OC(COC(=O)CCCCCCCC/C=C\C/C=C\C/C=C\C/C=C\CC)COP(=O)(O)OCC(O)COP(=O)(O)OCC(COC(=O)CCCC/C=C\C/C=C\C/C=C\C/C=C\CC)OC(=O)CCCCCCCCCCCCCCC. The molecule has 5 atom stereocenters. The maximum absolute atomic E-state index is 13.1. The van der Waals surface area contributed by atoms with Crippen molar-refractivity contribution < 1.29 is 80.2 Å². The van der Waals surface area contributed by atoms with Crippen LogP contribution in [0.25, 0.3) is 0 Å². The van der Waals surface area contributed by atoms with Gasteiger partial charge in [-0.15, -0.1) is 0 Å². The molecule has 0 aliphatic heterocycles. The largest absolute Gasteiger partial charge is 0.472 e. The zero-order valence-corrected chi connectivity index (χ0v) is 66.4. The molecule has 592 valence electrons. The van der Waals surface area contributed by atoms with E-state index in [1.165, 1.54) is 51.4 Å². The average molecular weight is 1500 g/mol. The number of phosphoric acid groups is 2. The first-order valence-corrected chi connectivity index (χ1v) is 42.7. The van der Waals surface area contributed by atoms with Gasteiger partial charge in [-0.05, 0) is 141 Å². The van der Waals surface area contributed by atoms with Crippen LogP contribution in [0.1, 0.15) is 297 Å². The minimum atomic E-state index is -5.00. The number of carbonyl (C=O) groups excluding carboxylic acids is 4. The topological polar surface area (TPSA) is 237 Å². The highest BCUT2D eigenvalue weighted by molar-refractivity contribution is 7.47. The van der Waals surface area contributed by atoms with Crippen molar-refractivity contribution in [2.75, 3.05) is 39.6 Å². The Labute approximate surface area is 629 Å². The Morgan fingerprint density at radius 2 is 0.510 bits per heavy atom. The fourth-order valence-corrected chi connectivity index (χ4v) is 11.6. The highest BCUT2D eigenvalue weighted by Gasteiger charge is 2.30. The van der Waals surface area contributed by atoms with Crippen molar-refractivity contribution in [1.82, 2.24) is 0 Å². The van der Waals surface area contributed by atoms with Gasteiger partial charge in [0, 0.05) is 25.7 Å². The van der Waals surface area contributed by atoms with Crippen LogP contribution in [0.5, 0.6) is 0 Å². The van der Waals surface area contributed by atoms with E-state index in [0.29, 0.717) is 32.1 Å². The first kappa shape index (κ1) is 98.7. The average Bonchev–Trinajstić information content (AvgIpc) is 0.917. The van der Waals surface area contributed by atoms with Crippen LogP contribution >= 0.6 is 15.6 Å². The minimum Gasteiger partial charge on any atom is -0.462 e. The molecule has 0 aromatic rings. The van der Waals surface area contributed by atoms with Crippen LogP contribution in [0.4, 0.5) is 0 Å². The van der Waals surface area contributed by atoms with Crippen molar-refractivity contribution in [3.63, 3.8) is 0 Å². The molecular formula is C85H140O17P2. The predicted octanol–water partition coefficient (Wildman–Crippen LogP) is 23.2. The zero-order valence-electron chi connectivity index (χ0n) is 64.6. The van der Waals surface area contributed by atoms with Crippen LogP contribution in [0.2, 0.25) is 0 Å². The van der Waals surface area contributed by atoms with Gasteiger partial charge in [-0.3, -0.25) is 37.3 Å². The fraction of sp³-hybridized carbons (Fsp3) is 0.647. The van der Waals surface area contributed by atoms with E-state index in [0.717, 1.165) is 161 Å². The summed E-state index contributed by atoms with van der Waals surface area (Å²) >= 11 is 0. The molecule has 0 heterocycles. The summed E-state index contributed by atoms with van der Waals surface area (Å²) in [6.07, 6.45) is 88.1.